The first-order valence-corrected chi connectivity index (χ1v) is 4.41. The van der Waals surface area contributed by atoms with Crippen molar-refractivity contribution in [2.75, 3.05) is 0 Å². The molecule has 0 aliphatic carbocycles. The normalized spacial score (nSPS) is 12.5. The van der Waals surface area contributed by atoms with Gasteiger partial charge in [-0.05, 0) is 12.5 Å². The zero-order valence-electron chi connectivity index (χ0n) is 6.53. The number of nitro benzene ring substituents is 1. The van der Waals surface area contributed by atoms with Gasteiger partial charge in [-0.2, -0.15) is 0 Å². The van der Waals surface area contributed by atoms with Gasteiger partial charge in [0.2, 0.25) is 0 Å². The SMILES string of the molecule is CC(Br)c1ccc([N+](=O)[O-])cc1. The van der Waals surface area contributed by atoms with Crippen LogP contribution < -0.4 is 0 Å². The lowest BCUT2D eigenvalue weighted by molar-refractivity contribution is -0.384. The topological polar surface area (TPSA) is 43.1 Å². The number of non-ortho nitro benzene ring substituents is 1. The Morgan fingerprint density at radius 3 is 2.25 bits per heavy atom. The summed E-state index contributed by atoms with van der Waals surface area (Å²) in [5, 5.41) is 10.3. The number of rotatable bonds is 2. The van der Waals surface area contributed by atoms with Gasteiger partial charge in [-0.3, -0.25) is 10.1 Å². The lowest BCUT2D eigenvalue weighted by Gasteiger charge is -2.01. The van der Waals surface area contributed by atoms with Crippen LogP contribution in [-0.4, -0.2) is 4.92 Å². The first-order valence-electron chi connectivity index (χ1n) is 3.49. The fraction of sp³-hybridized carbons (Fsp3) is 0.250. The van der Waals surface area contributed by atoms with Gasteiger partial charge >= 0.3 is 0 Å². The van der Waals surface area contributed by atoms with Crippen molar-refractivity contribution in [3.8, 4) is 0 Å². The van der Waals surface area contributed by atoms with Gasteiger partial charge in [0.15, 0.2) is 0 Å². The maximum atomic E-state index is 10.3. The van der Waals surface area contributed by atoms with Crippen LogP contribution in [0.3, 0.4) is 0 Å². The van der Waals surface area contributed by atoms with E-state index in [9.17, 15) is 10.1 Å². The second-order valence-corrected chi connectivity index (χ2v) is 3.84. The highest BCUT2D eigenvalue weighted by molar-refractivity contribution is 9.09. The highest BCUT2D eigenvalue weighted by Gasteiger charge is 2.05. The fourth-order valence-corrected chi connectivity index (χ4v) is 1.17. The molecule has 0 aliphatic heterocycles. The van der Waals surface area contributed by atoms with E-state index in [0.717, 1.165) is 5.56 Å². The Morgan fingerprint density at radius 1 is 1.42 bits per heavy atom. The van der Waals surface area contributed by atoms with Crippen LogP contribution in [0.5, 0.6) is 0 Å². The van der Waals surface area contributed by atoms with E-state index >= 15 is 0 Å². The molecule has 12 heavy (non-hydrogen) atoms. The average molecular weight is 230 g/mol. The zero-order valence-corrected chi connectivity index (χ0v) is 8.11. The van der Waals surface area contributed by atoms with Crippen LogP contribution in [0, 0.1) is 10.1 Å². The Hall–Kier alpha value is -0.900. The first kappa shape index (κ1) is 9.19. The van der Waals surface area contributed by atoms with Gasteiger partial charge in [-0.1, -0.05) is 28.1 Å². The summed E-state index contributed by atoms with van der Waals surface area (Å²) in [7, 11) is 0. The van der Waals surface area contributed by atoms with Gasteiger partial charge in [0.25, 0.3) is 5.69 Å². The molecule has 0 heterocycles. The molecule has 0 saturated heterocycles. The molecule has 0 radical (unpaired) electrons. The molecular weight excluding hydrogens is 222 g/mol. The molecule has 1 rings (SSSR count). The summed E-state index contributed by atoms with van der Waals surface area (Å²) in [6, 6.07) is 6.51. The summed E-state index contributed by atoms with van der Waals surface area (Å²) in [4.78, 5) is 10.1. The van der Waals surface area contributed by atoms with Crippen molar-refractivity contribution in [1.29, 1.82) is 0 Å². The van der Waals surface area contributed by atoms with Gasteiger partial charge in [-0.25, -0.2) is 0 Å². The number of benzene rings is 1. The van der Waals surface area contributed by atoms with Gasteiger partial charge < -0.3 is 0 Å². The number of hydrogen-bond donors (Lipinski definition) is 0. The number of halogens is 1. The van der Waals surface area contributed by atoms with Gasteiger partial charge in [-0.15, -0.1) is 0 Å². The van der Waals surface area contributed by atoms with Crippen molar-refractivity contribution in [2.45, 2.75) is 11.8 Å². The van der Waals surface area contributed by atoms with Crippen LogP contribution in [0.25, 0.3) is 0 Å². The molecule has 0 bridgehead atoms. The van der Waals surface area contributed by atoms with Gasteiger partial charge in [0, 0.05) is 17.0 Å². The van der Waals surface area contributed by atoms with Crippen molar-refractivity contribution < 1.29 is 4.92 Å². The Balaban J connectivity index is 2.93. The summed E-state index contributed by atoms with van der Waals surface area (Å²) in [5.74, 6) is 0. The smallest absolute Gasteiger partial charge is 0.258 e. The molecule has 1 unspecified atom stereocenters. The third kappa shape index (κ3) is 2.04. The number of alkyl halides is 1. The quantitative estimate of drug-likeness (QED) is 0.445. The highest BCUT2D eigenvalue weighted by atomic mass is 79.9. The van der Waals surface area contributed by atoms with E-state index in [1.54, 1.807) is 12.1 Å². The molecule has 0 fully saturated rings. The third-order valence-corrected chi connectivity index (χ3v) is 2.09. The van der Waals surface area contributed by atoms with E-state index in [-0.39, 0.29) is 10.5 Å². The summed E-state index contributed by atoms with van der Waals surface area (Å²) < 4.78 is 0. The van der Waals surface area contributed by atoms with Crippen LogP contribution in [0.1, 0.15) is 17.3 Å². The number of nitro groups is 1. The summed E-state index contributed by atoms with van der Waals surface area (Å²) >= 11 is 3.37. The lowest BCUT2D eigenvalue weighted by Crippen LogP contribution is -1.88. The van der Waals surface area contributed by atoms with E-state index < -0.39 is 4.92 Å². The summed E-state index contributed by atoms with van der Waals surface area (Å²) in [6.07, 6.45) is 0. The first-order chi connectivity index (χ1) is 5.61. The summed E-state index contributed by atoms with van der Waals surface area (Å²) in [5.41, 5.74) is 1.17. The van der Waals surface area contributed by atoms with Gasteiger partial charge in [0.1, 0.15) is 0 Å². The monoisotopic (exact) mass is 229 g/mol. The molecule has 0 spiro atoms. The largest absolute Gasteiger partial charge is 0.269 e. The predicted molar refractivity (Wildman–Crippen MR) is 50.4 cm³/mol. The van der Waals surface area contributed by atoms with Crippen molar-refractivity contribution >= 4 is 21.6 Å². The molecule has 0 aliphatic rings. The minimum Gasteiger partial charge on any atom is -0.258 e. The minimum absolute atomic E-state index is 0.131. The maximum Gasteiger partial charge on any atom is 0.269 e. The zero-order chi connectivity index (χ0) is 9.14. The van der Waals surface area contributed by atoms with Crippen LogP contribution in [-0.2, 0) is 0 Å². The second-order valence-electron chi connectivity index (χ2n) is 2.46. The van der Waals surface area contributed by atoms with E-state index in [0.29, 0.717) is 0 Å². The molecule has 1 aromatic rings. The highest BCUT2D eigenvalue weighted by Crippen LogP contribution is 2.23. The Kier molecular flexibility index (Phi) is 2.81. The maximum absolute atomic E-state index is 10.3. The summed E-state index contributed by atoms with van der Waals surface area (Å²) in [6.45, 7) is 1.97. The Morgan fingerprint density at radius 2 is 1.92 bits per heavy atom. The fourth-order valence-electron chi connectivity index (χ4n) is 0.861. The molecule has 3 nitrogen and oxygen atoms in total. The minimum atomic E-state index is -0.400. The van der Waals surface area contributed by atoms with Crippen molar-refractivity contribution in [2.24, 2.45) is 0 Å². The van der Waals surface area contributed by atoms with E-state index in [2.05, 4.69) is 15.9 Å². The van der Waals surface area contributed by atoms with Crippen LogP contribution in [0.2, 0.25) is 0 Å². The van der Waals surface area contributed by atoms with E-state index in [4.69, 9.17) is 0 Å². The van der Waals surface area contributed by atoms with Crippen LogP contribution in [0.4, 0.5) is 5.69 Å². The second kappa shape index (κ2) is 3.67. The molecule has 0 N–H and O–H groups in total. The third-order valence-electron chi connectivity index (χ3n) is 1.56. The predicted octanol–water partition coefficient (Wildman–Crippen LogP) is 3.05. The molecule has 1 aromatic carbocycles. The lowest BCUT2D eigenvalue weighted by atomic mass is 10.1. The molecule has 4 heteroatoms. The molecule has 0 aromatic heterocycles. The molecule has 1 atom stereocenters. The molecular formula is C8H8BrNO2. The molecule has 64 valence electrons. The van der Waals surface area contributed by atoms with Crippen molar-refractivity contribution in [3.05, 3.63) is 39.9 Å². The Bertz CT molecular complexity index is 282. The van der Waals surface area contributed by atoms with Crippen molar-refractivity contribution in [3.63, 3.8) is 0 Å². The van der Waals surface area contributed by atoms with Gasteiger partial charge in [0.05, 0.1) is 4.92 Å². The standard InChI is InChI=1S/C8H8BrNO2/c1-6(9)7-2-4-8(5-3-7)10(11)12/h2-6H,1H3. The molecule has 0 amide bonds. The van der Waals surface area contributed by atoms with E-state index in [1.807, 2.05) is 6.92 Å². The average Bonchev–Trinajstić information content (AvgIpc) is 2.04. The van der Waals surface area contributed by atoms with Crippen LogP contribution >= 0.6 is 15.9 Å². The number of nitrogens with zero attached hydrogens (tertiary/aromatic N) is 1. The number of hydrogen-bond acceptors (Lipinski definition) is 2. The van der Waals surface area contributed by atoms with E-state index in [1.165, 1.54) is 12.1 Å². The van der Waals surface area contributed by atoms with Crippen molar-refractivity contribution in [1.82, 2.24) is 0 Å². The molecule has 0 saturated carbocycles. The van der Waals surface area contributed by atoms with Crippen LogP contribution in [0.15, 0.2) is 24.3 Å². The Labute approximate surface area is 78.7 Å².